The molecule has 0 unspecified atom stereocenters. The predicted octanol–water partition coefficient (Wildman–Crippen LogP) is 4.89. The van der Waals surface area contributed by atoms with Crippen LogP contribution in [0.15, 0.2) is 72.8 Å². The summed E-state index contributed by atoms with van der Waals surface area (Å²) in [5.41, 5.74) is 3.28. The van der Waals surface area contributed by atoms with Crippen LogP contribution in [-0.4, -0.2) is 38.1 Å². The van der Waals surface area contributed by atoms with E-state index in [0.717, 1.165) is 12.0 Å². The summed E-state index contributed by atoms with van der Waals surface area (Å²) in [6, 6.07) is 20.9. The van der Waals surface area contributed by atoms with Crippen LogP contribution in [0.3, 0.4) is 0 Å². The number of aromatic nitrogens is 3. The molecule has 38 heavy (non-hydrogen) atoms. The zero-order valence-corrected chi connectivity index (χ0v) is 22.4. The van der Waals surface area contributed by atoms with Gasteiger partial charge in [0.25, 0.3) is 0 Å². The Morgan fingerprint density at radius 3 is 2.26 bits per heavy atom. The van der Waals surface area contributed by atoms with Crippen molar-refractivity contribution in [3.63, 3.8) is 0 Å². The largest absolute Gasteiger partial charge is 0.349 e. The number of carbonyl (C=O) groups is 3. The van der Waals surface area contributed by atoms with Crippen molar-refractivity contribution in [2.75, 3.05) is 4.90 Å². The van der Waals surface area contributed by atoms with Crippen molar-refractivity contribution in [3.8, 4) is 0 Å². The average molecular weight is 512 g/mol. The maximum Gasteiger partial charge on any atom is 0.249 e. The molecule has 196 valence electrons. The van der Waals surface area contributed by atoms with Crippen molar-refractivity contribution in [1.29, 1.82) is 0 Å². The highest BCUT2D eigenvalue weighted by Gasteiger charge is 2.36. The van der Waals surface area contributed by atoms with Gasteiger partial charge in [0, 0.05) is 11.1 Å². The molecule has 0 saturated carbocycles. The highest BCUT2D eigenvalue weighted by molar-refractivity contribution is 6.08. The third-order valence-electron chi connectivity index (χ3n) is 6.23. The van der Waals surface area contributed by atoms with Crippen LogP contribution < -0.4 is 10.2 Å². The SMILES string of the molecule is CCc1ccc([C@H](C(=O)NC(C)(C)C)N(C(=O)Cn2nnc3ccccc32)c2ccccc2C(C)=O)cc1. The first-order valence-electron chi connectivity index (χ1n) is 12.7. The zero-order chi connectivity index (χ0) is 27.4. The predicted molar refractivity (Wildman–Crippen MR) is 148 cm³/mol. The molecule has 1 heterocycles. The summed E-state index contributed by atoms with van der Waals surface area (Å²) in [6.07, 6.45) is 0.842. The minimum atomic E-state index is -1.03. The minimum Gasteiger partial charge on any atom is -0.349 e. The lowest BCUT2D eigenvalue weighted by Gasteiger charge is -2.34. The smallest absolute Gasteiger partial charge is 0.249 e. The van der Waals surface area contributed by atoms with E-state index in [0.29, 0.717) is 27.8 Å². The Morgan fingerprint density at radius 1 is 0.947 bits per heavy atom. The van der Waals surface area contributed by atoms with Gasteiger partial charge in [0.05, 0.1) is 11.2 Å². The van der Waals surface area contributed by atoms with Gasteiger partial charge in [0.15, 0.2) is 5.78 Å². The third-order valence-corrected chi connectivity index (χ3v) is 6.23. The number of hydrogen-bond donors (Lipinski definition) is 1. The van der Waals surface area contributed by atoms with Crippen LogP contribution in [0, 0.1) is 0 Å². The molecule has 0 aliphatic heterocycles. The monoisotopic (exact) mass is 511 g/mol. The fourth-order valence-electron chi connectivity index (χ4n) is 4.43. The van der Waals surface area contributed by atoms with Gasteiger partial charge >= 0.3 is 0 Å². The van der Waals surface area contributed by atoms with Gasteiger partial charge in [0.2, 0.25) is 11.8 Å². The first-order chi connectivity index (χ1) is 18.1. The van der Waals surface area contributed by atoms with Crippen molar-refractivity contribution in [2.24, 2.45) is 0 Å². The van der Waals surface area contributed by atoms with Crippen LogP contribution in [0.1, 0.15) is 62.1 Å². The van der Waals surface area contributed by atoms with Crippen LogP contribution in [0.4, 0.5) is 5.69 Å². The van der Waals surface area contributed by atoms with Crippen molar-refractivity contribution in [1.82, 2.24) is 20.3 Å². The Balaban J connectivity index is 1.89. The molecule has 0 fully saturated rings. The quantitative estimate of drug-likeness (QED) is 0.340. The summed E-state index contributed by atoms with van der Waals surface area (Å²) >= 11 is 0. The molecular formula is C30H33N5O3. The zero-order valence-electron chi connectivity index (χ0n) is 22.4. The fourth-order valence-corrected chi connectivity index (χ4v) is 4.43. The van der Waals surface area contributed by atoms with E-state index in [1.807, 2.05) is 69.3 Å². The van der Waals surface area contributed by atoms with Gasteiger partial charge in [-0.25, -0.2) is 4.68 Å². The molecule has 0 spiro atoms. The number of ketones is 1. The number of hydrogen-bond acceptors (Lipinski definition) is 5. The van der Waals surface area contributed by atoms with Crippen LogP contribution >= 0.6 is 0 Å². The molecule has 8 nitrogen and oxygen atoms in total. The Bertz CT molecular complexity index is 1470. The van der Waals surface area contributed by atoms with E-state index >= 15 is 0 Å². The second kappa shape index (κ2) is 11.0. The van der Waals surface area contributed by atoms with E-state index in [1.54, 1.807) is 24.3 Å². The van der Waals surface area contributed by atoms with E-state index in [2.05, 4.69) is 22.6 Å². The Kier molecular flexibility index (Phi) is 7.71. The van der Waals surface area contributed by atoms with Gasteiger partial charge in [-0.1, -0.05) is 60.7 Å². The van der Waals surface area contributed by atoms with Crippen molar-refractivity contribution >= 4 is 34.3 Å². The second-order valence-electron chi connectivity index (χ2n) is 10.3. The molecule has 4 aromatic rings. The minimum absolute atomic E-state index is 0.168. The summed E-state index contributed by atoms with van der Waals surface area (Å²) in [6.45, 7) is 9.00. The molecular weight excluding hydrogens is 478 g/mol. The Labute approximate surface area is 222 Å². The van der Waals surface area contributed by atoms with Gasteiger partial charge < -0.3 is 5.32 Å². The number of fused-ring (bicyclic) bond motifs is 1. The normalized spacial score (nSPS) is 12.2. The molecule has 0 radical (unpaired) electrons. The number of benzene rings is 3. The van der Waals surface area contributed by atoms with E-state index in [1.165, 1.54) is 16.5 Å². The summed E-state index contributed by atoms with van der Waals surface area (Å²) in [7, 11) is 0. The lowest BCUT2D eigenvalue weighted by atomic mass is 9.97. The highest BCUT2D eigenvalue weighted by Crippen LogP contribution is 2.32. The van der Waals surface area contributed by atoms with Crippen LogP contribution in [0.2, 0.25) is 0 Å². The molecule has 1 aromatic heterocycles. The summed E-state index contributed by atoms with van der Waals surface area (Å²) in [4.78, 5) is 42.2. The lowest BCUT2D eigenvalue weighted by Crippen LogP contribution is -2.50. The average Bonchev–Trinajstić information content (AvgIpc) is 3.28. The third kappa shape index (κ3) is 5.80. The summed E-state index contributed by atoms with van der Waals surface area (Å²) in [5, 5.41) is 11.4. The number of nitrogens with zero attached hydrogens (tertiary/aromatic N) is 4. The number of para-hydroxylation sites is 2. The number of Topliss-reactive ketones (excluding diaryl/α,β-unsaturated/α-hetero) is 1. The molecule has 0 aliphatic rings. The molecule has 0 aliphatic carbocycles. The maximum absolute atomic E-state index is 14.2. The second-order valence-corrected chi connectivity index (χ2v) is 10.3. The first kappa shape index (κ1) is 26.7. The lowest BCUT2D eigenvalue weighted by molar-refractivity contribution is -0.128. The van der Waals surface area contributed by atoms with Crippen molar-refractivity contribution in [3.05, 3.63) is 89.5 Å². The van der Waals surface area contributed by atoms with E-state index in [9.17, 15) is 14.4 Å². The number of amides is 2. The van der Waals surface area contributed by atoms with Crippen LogP contribution in [-0.2, 0) is 22.6 Å². The first-order valence-corrected chi connectivity index (χ1v) is 12.7. The molecule has 3 aromatic carbocycles. The number of rotatable bonds is 8. The Morgan fingerprint density at radius 2 is 1.61 bits per heavy atom. The summed E-state index contributed by atoms with van der Waals surface area (Å²) < 4.78 is 1.51. The molecule has 0 bridgehead atoms. The van der Waals surface area contributed by atoms with Gasteiger partial charge in [0.1, 0.15) is 18.1 Å². The van der Waals surface area contributed by atoms with Gasteiger partial charge in [-0.2, -0.15) is 0 Å². The summed E-state index contributed by atoms with van der Waals surface area (Å²) in [5.74, 6) is -0.958. The number of anilines is 1. The van der Waals surface area contributed by atoms with Crippen LogP contribution in [0.25, 0.3) is 11.0 Å². The van der Waals surface area contributed by atoms with Gasteiger partial charge in [-0.05, 0) is 69.5 Å². The Hall–Kier alpha value is -4.33. The molecule has 2 amide bonds. The van der Waals surface area contributed by atoms with Gasteiger partial charge in [-0.3, -0.25) is 19.3 Å². The standard InChI is InChI=1S/C30H33N5O3/c1-6-21-15-17-22(18-16-21)28(29(38)31-30(3,4)5)35(25-13-9-7-11-23(25)20(2)36)27(37)19-34-26-14-10-8-12-24(26)32-33-34/h7-18,28H,6,19H2,1-5H3,(H,31,38)/t28-/m1/s1. The number of aryl methyl sites for hydroxylation is 1. The van der Waals surface area contributed by atoms with E-state index in [-0.39, 0.29) is 18.2 Å². The fraction of sp³-hybridized carbons (Fsp3) is 0.300. The van der Waals surface area contributed by atoms with E-state index in [4.69, 9.17) is 0 Å². The molecule has 1 N–H and O–H groups in total. The molecule has 4 rings (SSSR count). The van der Waals surface area contributed by atoms with Crippen LogP contribution in [0.5, 0.6) is 0 Å². The topological polar surface area (TPSA) is 97.2 Å². The molecule has 1 atom stereocenters. The van der Waals surface area contributed by atoms with Gasteiger partial charge in [-0.15, -0.1) is 5.10 Å². The van der Waals surface area contributed by atoms with Crippen molar-refractivity contribution < 1.29 is 14.4 Å². The van der Waals surface area contributed by atoms with Crippen molar-refractivity contribution in [2.45, 2.75) is 59.2 Å². The number of nitrogens with one attached hydrogen (secondary N) is 1. The number of carbonyl (C=O) groups excluding carboxylic acids is 3. The highest BCUT2D eigenvalue weighted by atomic mass is 16.2. The molecule has 8 heteroatoms. The molecule has 0 saturated heterocycles. The maximum atomic E-state index is 14.2. The van der Waals surface area contributed by atoms with E-state index < -0.39 is 17.5 Å².